The fourth-order valence-corrected chi connectivity index (χ4v) is 2.91. The maximum Gasteiger partial charge on any atom is 0.223 e. The van der Waals surface area contributed by atoms with Crippen LogP contribution in [0.3, 0.4) is 0 Å². The van der Waals surface area contributed by atoms with E-state index in [-0.39, 0.29) is 30.3 Å². The molecule has 2 atom stereocenters. The lowest BCUT2D eigenvalue weighted by molar-refractivity contribution is -0.125. The maximum atomic E-state index is 12.2. The number of amides is 1. The Hall–Kier alpha value is -0.480. The maximum absolute atomic E-state index is 12.2. The van der Waals surface area contributed by atoms with Crippen LogP contribution in [0.4, 0.5) is 0 Å². The Morgan fingerprint density at radius 2 is 2.24 bits per heavy atom. The first-order chi connectivity index (χ1) is 9.56. The molecular formula is C15H21Cl3N2O. The molecule has 0 saturated carbocycles. The van der Waals surface area contributed by atoms with Crippen LogP contribution in [0.1, 0.15) is 25.3 Å². The number of nitrogens with one attached hydrogen (secondary N) is 2. The Labute approximate surface area is 142 Å². The molecule has 0 radical (unpaired) electrons. The number of carbonyl (C=O) groups excluding carboxylic acids is 1. The molecule has 1 aliphatic rings. The van der Waals surface area contributed by atoms with E-state index in [4.69, 9.17) is 23.2 Å². The van der Waals surface area contributed by atoms with Crippen molar-refractivity contribution in [2.24, 2.45) is 5.92 Å². The summed E-state index contributed by atoms with van der Waals surface area (Å²) in [4.78, 5) is 12.2. The molecule has 0 aromatic heterocycles. The second-order valence-corrected chi connectivity index (χ2v) is 6.24. The first-order valence-corrected chi connectivity index (χ1v) is 7.77. The Bertz CT molecular complexity index is 476. The largest absolute Gasteiger partial charge is 0.352 e. The molecule has 118 valence electrons. The molecule has 0 bridgehead atoms. The van der Waals surface area contributed by atoms with Crippen LogP contribution in [-0.2, 0) is 11.2 Å². The lowest BCUT2D eigenvalue weighted by Gasteiger charge is -2.25. The molecule has 1 aromatic carbocycles. The van der Waals surface area contributed by atoms with Gasteiger partial charge in [0.1, 0.15) is 0 Å². The van der Waals surface area contributed by atoms with Crippen LogP contribution in [-0.4, -0.2) is 25.0 Å². The van der Waals surface area contributed by atoms with Gasteiger partial charge in [-0.25, -0.2) is 0 Å². The zero-order valence-electron chi connectivity index (χ0n) is 12.0. The van der Waals surface area contributed by atoms with E-state index in [0.29, 0.717) is 16.5 Å². The summed E-state index contributed by atoms with van der Waals surface area (Å²) in [7, 11) is 0. The Morgan fingerprint density at radius 1 is 1.48 bits per heavy atom. The second-order valence-electron chi connectivity index (χ2n) is 5.39. The van der Waals surface area contributed by atoms with Crippen LogP contribution in [0.15, 0.2) is 18.2 Å². The van der Waals surface area contributed by atoms with E-state index in [1.54, 1.807) is 12.1 Å². The number of benzene rings is 1. The van der Waals surface area contributed by atoms with Gasteiger partial charge in [-0.15, -0.1) is 12.4 Å². The van der Waals surface area contributed by atoms with Gasteiger partial charge in [0.25, 0.3) is 0 Å². The van der Waals surface area contributed by atoms with Crippen molar-refractivity contribution in [3.05, 3.63) is 33.8 Å². The number of halogens is 3. The average molecular weight is 352 g/mol. The summed E-state index contributed by atoms with van der Waals surface area (Å²) < 4.78 is 0. The molecule has 1 amide bonds. The molecule has 1 heterocycles. The van der Waals surface area contributed by atoms with E-state index in [1.165, 1.54) is 0 Å². The molecule has 3 nitrogen and oxygen atoms in total. The highest BCUT2D eigenvalue weighted by Crippen LogP contribution is 2.23. The highest BCUT2D eigenvalue weighted by atomic mass is 35.5. The van der Waals surface area contributed by atoms with Gasteiger partial charge in [-0.05, 0) is 43.5 Å². The van der Waals surface area contributed by atoms with E-state index >= 15 is 0 Å². The first kappa shape index (κ1) is 18.6. The van der Waals surface area contributed by atoms with Crippen LogP contribution in [0.25, 0.3) is 0 Å². The Kier molecular flexibility index (Phi) is 7.82. The van der Waals surface area contributed by atoms with Gasteiger partial charge in [0.05, 0.1) is 0 Å². The van der Waals surface area contributed by atoms with E-state index < -0.39 is 0 Å². The Morgan fingerprint density at radius 3 is 2.86 bits per heavy atom. The van der Waals surface area contributed by atoms with Gasteiger partial charge in [0.2, 0.25) is 5.91 Å². The molecule has 21 heavy (non-hydrogen) atoms. The third-order valence-electron chi connectivity index (χ3n) is 3.63. The second kappa shape index (κ2) is 8.84. The van der Waals surface area contributed by atoms with Crippen molar-refractivity contribution >= 4 is 41.5 Å². The normalized spacial score (nSPS) is 19.5. The van der Waals surface area contributed by atoms with Crippen molar-refractivity contribution < 1.29 is 4.79 Å². The summed E-state index contributed by atoms with van der Waals surface area (Å²) in [5.74, 6) is -0.0136. The quantitative estimate of drug-likeness (QED) is 0.872. The summed E-state index contributed by atoms with van der Waals surface area (Å²) in [5, 5.41) is 7.63. The van der Waals surface area contributed by atoms with Gasteiger partial charge < -0.3 is 10.6 Å². The summed E-state index contributed by atoms with van der Waals surface area (Å²) in [5.41, 5.74) is 0.959. The molecule has 0 spiro atoms. The standard InChI is InChI=1S/C15H20Cl2N2O.ClH/c1-10(7-11-4-5-12(16)8-14(11)17)15(20)19-13-3-2-6-18-9-13;/h4-5,8,10,13,18H,2-3,6-7,9H2,1H3,(H,19,20);1H. The van der Waals surface area contributed by atoms with Crippen molar-refractivity contribution in [2.75, 3.05) is 13.1 Å². The van der Waals surface area contributed by atoms with Gasteiger partial charge in [0.15, 0.2) is 0 Å². The summed E-state index contributed by atoms with van der Waals surface area (Å²) >= 11 is 12.0. The Balaban J connectivity index is 0.00000220. The van der Waals surface area contributed by atoms with Gasteiger partial charge in [-0.3, -0.25) is 4.79 Å². The van der Waals surface area contributed by atoms with Crippen LogP contribution < -0.4 is 10.6 Å². The van der Waals surface area contributed by atoms with Crippen LogP contribution in [0, 0.1) is 5.92 Å². The van der Waals surface area contributed by atoms with E-state index in [1.807, 2.05) is 13.0 Å². The lowest BCUT2D eigenvalue weighted by Crippen LogP contribution is -2.47. The highest BCUT2D eigenvalue weighted by Gasteiger charge is 2.20. The van der Waals surface area contributed by atoms with Gasteiger partial charge in [-0.2, -0.15) is 0 Å². The molecule has 6 heteroatoms. The monoisotopic (exact) mass is 350 g/mol. The van der Waals surface area contributed by atoms with E-state index in [2.05, 4.69) is 10.6 Å². The molecular weight excluding hydrogens is 331 g/mol. The SMILES string of the molecule is CC(Cc1ccc(Cl)cc1Cl)C(=O)NC1CCCNC1.Cl. The number of carbonyl (C=O) groups is 1. The van der Waals surface area contributed by atoms with Gasteiger partial charge in [0, 0.05) is 28.5 Å². The number of hydrogen-bond acceptors (Lipinski definition) is 2. The topological polar surface area (TPSA) is 41.1 Å². The molecule has 1 fully saturated rings. The molecule has 1 aromatic rings. The van der Waals surface area contributed by atoms with Crippen LogP contribution >= 0.6 is 35.6 Å². The smallest absolute Gasteiger partial charge is 0.223 e. The fraction of sp³-hybridized carbons (Fsp3) is 0.533. The van der Waals surface area contributed by atoms with Crippen molar-refractivity contribution in [1.82, 2.24) is 10.6 Å². The number of hydrogen-bond donors (Lipinski definition) is 2. The molecule has 2 N–H and O–H groups in total. The lowest BCUT2D eigenvalue weighted by atomic mass is 9.99. The predicted octanol–water partition coefficient (Wildman–Crippen LogP) is 3.46. The van der Waals surface area contributed by atoms with Gasteiger partial charge >= 0.3 is 0 Å². The minimum Gasteiger partial charge on any atom is -0.352 e. The van der Waals surface area contributed by atoms with Crippen molar-refractivity contribution in [3.63, 3.8) is 0 Å². The highest BCUT2D eigenvalue weighted by molar-refractivity contribution is 6.35. The predicted molar refractivity (Wildman–Crippen MR) is 90.6 cm³/mol. The summed E-state index contributed by atoms with van der Waals surface area (Å²) in [6.07, 6.45) is 2.79. The third-order valence-corrected chi connectivity index (χ3v) is 4.22. The third kappa shape index (κ3) is 5.67. The van der Waals surface area contributed by atoms with E-state index in [0.717, 1.165) is 31.5 Å². The van der Waals surface area contributed by atoms with Gasteiger partial charge in [-0.1, -0.05) is 36.2 Å². The average Bonchev–Trinajstić information content (AvgIpc) is 2.43. The minimum absolute atomic E-state index is 0. The summed E-state index contributed by atoms with van der Waals surface area (Å²) in [6.45, 7) is 3.83. The van der Waals surface area contributed by atoms with Crippen LogP contribution in [0.2, 0.25) is 10.0 Å². The van der Waals surface area contributed by atoms with Crippen LogP contribution in [0.5, 0.6) is 0 Å². The van der Waals surface area contributed by atoms with Crippen molar-refractivity contribution in [3.8, 4) is 0 Å². The molecule has 1 aliphatic heterocycles. The molecule has 0 aliphatic carbocycles. The zero-order valence-corrected chi connectivity index (χ0v) is 14.3. The van der Waals surface area contributed by atoms with Crippen molar-refractivity contribution in [1.29, 1.82) is 0 Å². The van der Waals surface area contributed by atoms with E-state index in [9.17, 15) is 4.79 Å². The van der Waals surface area contributed by atoms with Crippen molar-refractivity contribution in [2.45, 2.75) is 32.2 Å². The molecule has 2 rings (SSSR count). The molecule has 1 saturated heterocycles. The number of rotatable bonds is 4. The number of piperidine rings is 1. The molecule has 2 unspecified atom stereocenters. The summed E-state index contributed by atoms with van der Waals surface area (Å²) in [6, 6.07) is 5.66. The zero-order chi connectivity index (χ0) is 14.5. The minimum atomic E-state index is -0.101. The fourth-order valence-electron chi connectivity index (χ4n) is 2.43. The first-order valence-electron chi connectivity index (χ1n) is 7.01.